The number of benzene rings is 1. The Hall–Kier alpha value is -0.770. The summed E-state index contributed by atoms with van der Waals surface area (Å²) in [4.78, 5) is 10.8. The van der Waals surface area contributed by atoms with Crippen LogP contribution >= 0.6 is 24.0 Å². The van der Waals surface area contributed by atoms with Crippen molar-refractivity contribution in [3.63, 3.8) is 0 Å². The third-order valence-electron chi connectivity index (χ3n) is 1.89. The Morgan fingerprint density at radius 2 is 2.00 bits per heavy atom. The van der Waals surface area contributed by atoms with Crippen molar-refractivity contribution in [1.82, 2.24) is 5.32 Å². The van der Waals surface area contributed by atoms with E-state index in [0.717, 1.165) is 5.56 Å². The average Bonchev–Trinajstić information content (AvgIpc) is 2.20. The van der Waals surface area contributed by atoms with Crippen LogP contribution in [-0.2, 0) is 11.3 Å². The SMILES string of the molecule is Cl.NC(=O)C(CCl)NCc1ccccc1. The van der Waals surface area contributed by atoms with Crippen LogP contribution in [0.15, 0.2) is 30.3 Å². The molecule has 0 saturated carbocycles. The first kappa shape index (κ1) is 14.2. The number of hydrogen-bond donors (Lipinski definition) is 2. The van der Waals surface area contributed by atoms with E-state index in [1.807, 2.05) is 30.3 Å². The molecule has 0 bridgehead atoms. The molecule has 0 fully saturated rings. The van der Waals surface area contributed by atoms with Gasteiger partial charge >= 0.3 is 0 Å². The summed E-state index contributed by atoms with van der Waals surface area (Å²) in [5, 5.41) is 2.98. The Labute approximate surface area is 100 Å². The Morgan fingerprint density at radius 3 is 2.47 bits per heavy atom. The monoisotopic (exact) mass is 248 g/mol. The van der Waals surface area contributed by atoms with E-state index in [1.165, 1.54) is 0 Å². The minimum atomic E-state index is -0.461. The molecule has 3 nitrogen and oxygen atoms in total. The predicted molar refractivity (Wildman–Crippen MR) is 64.2 cm³/mol. The van der Waals surface area contributed by atoms with Gasteiger partial charge in [-0.1, -0.05) is 30.3 Å². The van der Waals surface area contributed by atoms with Crippen LogP contribution in [0.3, 0.4) is 0 Å². The lowest BCUT2D eigenvalue weighted by atomic mass is 10.2. The molecule has 0 aliphatic heterocycles. The molecular formula is C10H14Cl2N2O. The van der Waals surface area contributed by atoms with Gasteiger partial charge in [0.25, 0.3) is 0 Å². The van der Waals surface area contributed by atoms with Crippen molar-refractivity contribution in [3.8, 4) is 0 Å². The van der Waals surface area contributed by atoms with Gasteiger partial charge in [0.1, 0.15) is 6.04 Å². The van der Waals surface area contributed by atoms with Gasteiger partial charge in [0.2, 0.25) is 5.91 Å². The van der Waals surface area contributed by atoms with Crippen LogP contribution in [0.5, 0.6) is 0 Å². The van der Waals surface area contributed by atoms with Crippen molar-refractivity contribution < 1.29 is 4.79 Å². The van der Waals surface area contributed by atoms with Gasteiger partial charge in [0.05, 0.1) is 0 Å². The Kier molecular flexibility index (Phi) is 7.13. The Bertz CT molecular complexity index is 293. The average molecular weight is 249 g/mol. The first-order valence-electron chi connectivity index (χ1n) is 4.36. The number of halogens is 2. The van der Waals surface area contributed by atoms with Crippen molar-refractivity contribution in [3.05, 3.63) is 35.9 Å². The van der Waals surface area contributed by atoms with Crippen LogP contribution in [-0.4, -0.2) is 17.8 Å². The van der Waals surface area contributed by atoms with E-state index in [4.69, 9.17) is 17.3 Å². The second-order valence-electron chi connectivity index (χ2n) is 2.98. The molecular weight excluding hydrogens is 235 g/mol. The van der Waals surface area contributed by atoms with Gasteiger partial charge in [-0.3, -0.25) is 4.79 Å². The van der Waals surface area contributed by atoms with Gasteiger partial charge in [-0.25, -0.2) is 0 Å². The van der Waals surface area contributed by atoms with Gasteiger partial charge in [-0.05, 0) is 5.56 Å². The highest BCUT2D eigenvalue weighted by Gasteiger charge is 2.12. The second kappa shape index (κ2) is 7.51. The molecule has 84 valence electrons. The van der Waals surface area contributed by atoms with Crippen molar-refractivity contribution in [1.29, 1.82) is 0 Å². The van der Waals surface area contributed by atoms with Crippen molar-refractivity contribution >= 4 is 29.9 Å². The van der Waals surface area contributed by atoms with E-state index in [-0.39, 0.29) is 18.3 Å². The van der Waals surface area contributed by atoms with Gasteiger partial charge in [0, 0.05) is 12.4 Å². The van der Waals surface area contributed by atoms with E-state index >= 15 is 0 Å². The lowest BCUT2D eigenvalue weighted by molar-refractivity contribution is -0.119. The number of carbonyl (C=O) groups excluding carboxylic acids is 1. The zero-order chi connectivity index (χ0) is 10.4. The number of nitrogens with one attached hydrogen (secondary N) is 1. The topological polar surface area (TPSA) is 55.1 Å². The largest absolute Gasteiger partial charge is 0.368 e. The molecule has 0 saturated heterocycles. The number of rotatable bonds is 5. The van der Waals surface area contributed by atoms with Crippen LogP contribution in [0.1, 0.15) is 5.56 Å². The van der Waals surface area contributed by atoms with E-state index in [1.54, 1.807) is 0 Å². The highest BCUT2D eigenvalue weighted by molar-refractivity contribution is 6.19. The van der Waals surface area contributed by atoms with Crippen molar-refractivity contribution in [2.45, 2.75) is 12.6 Å². The number of nitrogens with two attached hydrogens (primary N) is 1. The Balaban J connectivity index is 0.00000196. The summed E-state index contributed by atoms with van der Waals surface area (Å²) in [6.45, 7) is 0.598. The number of amides is 1. The Morgan fingerprint density at radius 1 is 1.40 bits per heavy atom. The fourth-order valence-corrected chi connectivity index (χ4v) is 1.33. The third kappa shape index (κ3) is 5.02. The predicted octanol–water partition coefficient (Wildman–Crippen LogP) is 1.29. The summed E-state index contributed by atoms with van der Waals surface area (Å²) in [5.41, 5.74) is 6.23. The molecule has 1 rings (SSSR count). The fraction of sp³-hybridized carbons (Fsp3) is 0.300. The van der Waals surface area contributed by atoms with Gasteiger partial charge in [0.15, 0.2) is 0 Å². The first-order chi connectivity index (χ1) is 6.74. The number of primary amides is 1. The normalized spacial score (nSPS) is 11.5. The molecule has 1 amide bonds. The van der Waals surface area contributed by atoms with Gasteiger partial charge < -0.3 is 11.1 Å². The van der Waals surface area contributed by atoms with Gasteiger partial charge in [-0.2, -0.15) is 0 Å². The fourth-order valence-electron chi connectivity index (χ4n) is 1.07. The molecule has 3 N–H and O–H groups in total. The molecule has 0 aliphatic rings. The smallest absolute Gasteiger partial charge is 0.235 e. The molecule has 15 heavy (non-hydrogen) atoms. The molecule has 1 aromatic rings. The van der Waals surface area contributed by atoms with Crippen LogP contribution in [0, 0.1) is 0 Å². The molecule has 0 aliphatic carbocycles. The number of hydrogen-bond acceptors (Lipinski definition) is 2. The molecule has 1 atom stereocenters. The molecule has 1 aromatic carbocycles. The zero-order valence-electron chi connectivity index (χ0n) is 8.15. The molecule has 0 aromatic heterocycles. The quantitative estimate of drug-likeness (QED) is 0.772. The van der Waals surface area contributed by atoms with Crippen molar-refractivity contribution in [2.24, 2.45) is 5.73 Å². The molecule has 5 heteroatoms. The van der Waals surface area contributed by atoms with Gasteiger partial charge in [-0.15, -0.1) is 24.0 Å². The van der Waals surface area contributed by atoms with E-state index in [9.17, 15) is 4.79 Å². The summed E-state index contributed by atoms with van der Waals surface area (Å²) in [6, 6.07) is 9.31. The van der Waals surface area contributed by atoms with E-state index < -0.39 is 11.9 Å². The zero-order valence-corrected chi connectivity index (χ0v) is 9.72. The maximum Gasteiger partial charge on any atom is 0.235 e. The molecule has 1 unspecified atom stereocenters. The van der Waals surface area contributed by atoms with Crippen LogP contribution in [0.2, 0.25) is 0 Å². The van der Waals surface area contributed by atoms with Crippen LogP contribution in [0.4, 0.5) is 0 Å². The lowest BCUT2D eigenvalue weighted by Crippen LogP contribution is -2.42. The first-order valence-corrected chi connectivity index (χ1v) is 4.90. The second-order valence-corrected chi connectivity index (χ2v) is 3.28. The summed E-state index contributed by atoms with van der Waals surface area (Å²) in [7, 11) is 0. The maximum atomic E-state index is 10.8. The number of carbonyl (C=O) groups is 1. The molecule has 0 radical (unpaired) electrons. The van der Waals surface area contributed by atoms with Crippen LogP contribution in [0.25, 0.3) is 0 Å². The van der Waals surface area contributed by atoms with Crippen molar-refractivity contribution in [2.75, 3.05) is 5.88 Å². The standard InChI is InChI=1S/C10H13ClN2O.ClH/c11-6-9(10(12)14)13-7-8-4-2-1-3-5-8;/h1-5,9,13H,6-7H2,(H2,12,14);1H. The minimum absolute atomic E-state index is 0. The summed E-state index contributed by atoms with van der Waals surface area (Å²) < 4.78 is 0. The number of alkyl halides is 1. The minimum Gasteiger partial charge on any atom is -0.368 e. The van der Waals surface area contributed by atoms with Crippen LogP contribution < -0.4 is 11.1 Å². The molecule has 0 heterocycles. The molecule has 0 spiro atoms. The summed E-state index contributed by atoms with van der Waals surface area (Å²) in [6.07, 6.45) is 0. The van der Waals surface area contributed by atoms with E-state index in [0.29, 0.717) is 6.54 Å². The van der Waals surface area contributed by atoms with E-state index in [2.05, 4.69) is 5.32 Å². The third-order valence-corrected chi connectivity index (χ3v) is 2.20. The summed E-state index contributed by atoms with van der Waals surface area (Å²) in [5.74, 6) is -0.224. The summed E-state index contributed by atoms with van der Waals surface area (Å²) >= 11 is 5.57. The maximum absolute atomic E-state index is 10.8. The lowest BCUT2D eigenvalue weighted by Gasteiger charge is -2.11. The highest BCUT2D eigenvalue weighted by atomic mass is 35.5. The highest BCUT2D eigenvalue weighted by Crippen LogP contribution is 1.98.